The standard InChI is InChI=1S/C31H43N3O6/c1-6-24(15-20(2)21(3)35)29-33-26-16-23(7-8-27(26)34(29)18-22-9-12-38-13-10-22)17-32-28(31(4,5)37)30(36)40-25-11-14-39-19-25/h6-8,15-16,22,25,28,32,37H,9-14,17-19H2,1-5H3/b20-15-,24-6+. The van der Waals surface area contributed by atoms with Gasteiger partial charge in [0.25, 0.3) is 0 Å². The number of carbonyl (C=O) groups is 2. The van der Waals surface area contributed by atoms with Crippen LogP contribution in [0, 0.1) is 5.92 Å². The topological polar surface area (TPSA) is 112 Å². The van der Waals surface area contributed by atoms with Crippen molar-refractivity contribution in [3.8, 4) is 0 Å². The number of nitrogens with one attached hydrogen (secondary N) is 1. The lowest BCUT2D eigenvalue weighted by Crippen LogP contribution is -2.53. The monoisotopic (exact) mass is 553 g/mol. The molecular formula is C31H43N3O6. The maximum atomic E-state index is 12.9. The molecule has 2 unspecified atom stereocenters. The fourth-order valence-electron chi connectivity index (χ4n) is 5.17. The molecule has 2 N–H and O–H groups in total. The lowest BCUT2D eigenvalue weighted by atomic mass is 9.98. The summed E-state index contributed by atoms with van der Waals surface area (Å²) in [5.74, 6) is 0.843. The lowest BCUT2D eigenvalue weighted by Gasteiger charge is -2.29. The van der Waals surface area contributed by atoms with E-state index in [0.717, 1.165) is 60.6 Å². The van der Waals surface area contributed by atoms with E-state index in [1.54, 1.807) is 20.8 Å². The Morgan fingerprint density at radius 3 is 2.55 bits per heavy atom. The summed E-state index contributed by atoms with van der Waals surface area (Å²) < 4.78 is 18.7. The molecule has 2 atom stereocenters. The van der Waals surface area contributed by atoms with Crippen LogP contribution in [-0.2, 0) is 36.9 Å². The Kier molecular flexibility index (Phi) is 9.94. The van der Waals surface area contributed by atoms with Crippen molar-refractivity contribution in [1.29, 1.82) is 0 Å². The number of aliphatic hydroxyl groups is 1. The summed E-state index contributed by atoms with van der Waals surface area (Å²) in [6.07, 6.45) is 6.27. The van der Waals surface area contributed by atoms with Crippen LogP contribution in [0.1, 0.15) is 65.3 Å². The van der Waals surface area contributed by atoms with Gasteiger partial charge in [-0.2, -0.15) is 0 Å². The van der Waals surface area contributed by atoms with Gasteiger partial charge in [-0.05, 0) is 82.7 Å². The minimum atomic E-state index is -1.32. The van der Waals surface area contributed by atoms with E-state index < -0.39 is 17.6 Å². The maximum absolute atomic E-state index is 12.9. The number of ketones is 1. The van der Waals surface area contributed by atoms with Crippen LogP contribution < -0.4 is 5.32 Å². The molecule has 9 heteroatoms. The Labute approximate surface area is 236 Å². The first-order valence-electron chi connectivity index (χ1n) is 14.2. The minimum absolute atomic E-state index is 0.0279. The predicted molar refractivity (Wildman–Crippen MR) is 154 cm³/mol. The fourth-order valence-corrected chi connectivity index (χ4v) is 5.17. The second-order valence-corrected chi connectivity index (χ2v) is 11.4. The van der Waals surface area contributed by atoms with Crippen molar-refractivity contribution < 1.29 is 28.9 Å². The van der Waals surface area contributed by atoms with Gasteiger partial charge < -0.3 is 23.9 Å². The van der Waals surface area contributed by atoms with E-state index in [2.05, 4.69) is 16.0 Å². The summed E-state index contributed by atoms with van der Waals surface area (Å²) in [6, 6.07) is 5.19. The first kappa shape index (κ1) is 30.1. The molecule has 3 heterocycles. The van der Waals surface area contributed by atoms with Crippen molar-refractivity contribution in [2.45, 2.75) is 84.7 Å². The molecular weight excluding hydrogens is 510 g/mol. The van der Waals surface area contributed by atoms with Crippen LogP contribution in [0.2, 0.25) is 0 Å². The van der Waals surface area contributed by atoms with Gasteiger partial charge >= 0.3 is 5.97 Å². The van der Waals surface area contributed by atoms with Gasteiger partial charge in [-0.3, -0.25) is 14.9 Å². The largest absolute Gasteiger partial charge is 0.459 e. The first-order valence-corrected chi connectivity index (χ1v) is 14.2. The average molecular weight is 554 g/mol. The zero-order chi connectivity index (χ0) is 28.9. The Morgan fingerprint density at radius 2 is 1.93 bits per heavy atom. The molecule has 0 saturated carbocycles. The number of hydrogen-bond acceptors (Lipinski definition) is 8. The summed E-state index contributed by atoms with van der Waals surface area (Å²) in [4.78, 5) is 29.9. The molecule has 1 aromatic carbocycles. The molecule has 40 heavy (non-hydrogen) atoms. The quantitative estimate of drug-likeness (QED) is 0.244. The number of fused-ring (bicyclic) bond motifs is 1. The highest BCUT2D eigenvalue weighted by molar-refractivity contribution is 5.96. The van der Waals surface area contributed by atoms with Crippen LogP contribution in [0.25, 0.3) is 16.6 Å². The first-order chi connectivity index (χ1) is 19.1. The zero-order valence-corrected chi connectivity index (χ0v) is 24.4. The van der Waals surface area contributed by atoms with Gasteiger partial charge in [0, 0.05) is 38.3 Å². The molecule has 9 nitrogen and oxygen atoms in total. The normalized spacial score (nSPS) is 20.2. The summed E-state index contributed by atoms with van der Waals surface area (Å²) in [5.41, 5.74) is 3.03. The number of rotatable bonds is 11. The summed E-state index contributed by atoms with van der Waals surface area (Å²) >= 11 is 0. The van der Waals surface area contributed by atoms with E-state index in [1.165, 1.54) is 0 Å². The molecule has 0 radical (unpaired) electrons. The van der Waals surface area contributed by atoms with Gasteiger partial charge in [0.05, 0.1) is 29.8 Å². The van der Waals surface area contributed by atoms with Crippen molar-refractivity contribution in [2.24, 2.45) is 5.92 Å². The van der Waals surface area contributed by atoms with Crippen molar-refractivity contribution >= 4 is 28.4 Å². The molecule has 218 valence electrons. The van der Waals surface area contributed by atoms with E-state index in [1.807, 2.05) is 38.1 Å². The number of carbonyl (C=O) groups excluding carboxylic acids is 2. The van der Waals surface area contributed by atoms with E-state index in [4.69, 9.17) is 19.2 Å². The second kappa shape index (κ2) is 13.2. The third-order valence-electron chi connectivity index (χ3n) is 7.71. The summed E-state index contributed by atoms with van der Waals surface area (Å²) in [5, 5.41) is 13.9. The number of ether oxygens (including phenoxy) is 3. The molecule has 0 amide bonds. The molecule has 2 aliphatic heterocycles. The number of nitrogens with zero attached hydrogens (tertiary/aromatic N) is 2. The molecule has 2 saturated heterocycles. The van der Waals surface area contributed by atoms with Crippen LogP contribution in [0.4, 0.5) is 0 Å². The van der Waals surface area contributed by atoms with Crippen molar-refractivity contribution in [3.63, 3.8) is 0 Å². The average Bonchev–Trinajstić information content (AvgIpc) is 3.54. The highest BCUT2D eigenvalue weighted by atomic mass is 16.6. The summed E-state index contributed by atoms with van der Waals surface area (Å²) in [6.45, 7) is 12.2. The molecule has 0 spiro atoms. The second-order valence-electron chi connectivity index (χ2n) is 11.4. The van der Waals surface area contributed by atoms with Crippen LogP contribution >= 0.6 is 0 Å². The maximum Gasteiger partial charge on any atom is 0.326 e. The SMILES string of the molecule is C/C=C(\C=C(\C)C(C)=O)c1nc2cc(CNC(C(=O)OC3CCOC3)C(C)(C)O)ccc2n1CC1CCOCC1. The minimum Gasteiger partial charge on any atom is -0.459 e. The third-order valence-corrected chi connectivity index (χ3v) is 7.71. The zero-order valence-electron chi connectivity index (χ0n) is 24.4. The Bertz CT molecular complexity index is 1260. The number of benzene rings is 1. The molecule has 2 fully saturated rings. The Morgan fingerprint density at radius 1 is 1.20 bits per heavy atom. The molecule has 4 rings (SSSR count). The molecule has 2 aliphatic rings. The Balaban J connectivity index is 1.61. The van der Waals surface area contributed by atoms with E-state index >= 15 is 0 Å². The van der Waals surface area contributed by atoms with Gasteiger partial charge in [-0.1, -0.05) is 12.1 Å². The number of hydrogen-bond donors (Lipinski definition) is 2. The van der Waals surface area contributed by atoms with Crippen LogP contribution in [-0.4, -0.2) is 70.6 Å². The number of imidazole rings is 1. The number of esters is 1. The van der Waals surface area contributed by atoms with E-state index in [0.29, 0.717) is 37.7 Å². The van der Waals surface area contributed by atoms with Crippen molar-refractivity contribution in [3.05, 3.63) is 47.3 Å². The Hall–Kier alpha value is -2.85. The van der Waals surface area contributed by atoms with Gasteiger partial charge in [-0.15, -0.1) is 0 Å². The molecule has 1 aromatic heterocycles. The van der Waals surface area contributed by atoms with Gasteiger partial charge in [0.1, 0.15) is 18.0 Å². The van der Waals surface area contributed by atoms with E-state index in [-0.39, 0.29) is 11.9 Å². The van der Waals surface area contributed by atoms with Crippen molar-refractivity contribution in [1.82, 2.24) is 14.9 Å². The number of aromatic nitrogens is 2. The van der Waals surface area contributed by atoms with Crippen LogP contribution in [0.5, 0.6) is 0 Å². The molecule has 0 aliphatic carbocycles. The van der Waals surface area contributed by atoms with E-state index in [9.17, 15) is 14.7 Å². The third kappa shape index (κ3) is 7.46. The molecule has 2 aromatic rings. The highest BCUT2D eigenvalue weighted by Gasteiger charge is 2.36. The van der Waals surface area contributed by atoms with Gasteiger partial charge in [0.15, 0.2) is 5.78 Å². The molecule has 0 bridgehead atoms. The predicted octanol–water partition coefficient (Wildman–Crippen LogP) is 3.96. The lowest BCUT2D eigenvalue weighted by molar-refractivity contribution is -0.157. The van der Waals surface area contributed by atoms with Crippen LogP contribution in [0.3, 0.4) is 0 Å². The van der Waals surface area contributed by atoms with Crippen LogP contribution in [0.15, 0.2) is 35.9 Å². The highest BCUT2D eigenvalue weighted by Crippen LogP contribution is 2.28. The van der Waals surface area contributed by atoms with Crippen molar-refractivity contribution in [2.75, 3.05) is 26.4 Å². The number of allylic oxidation sites excluding steroid dienone is 4. The van der Waals surface area contributed by atoms with Gasteiger partial charge in [-0.25, -0.2) is 4.98 Å². The fraction of sp³-hybridized carbons (Fsp3) is 0.581. The summed E-state index contributed by atoms with van der Waals surface area (Å²) in [7, 11) is 0. The number of Topliss-reactive ketones (excluding diaryl/α,β-unsaturated/α-hetero) is 1. The smallest absolute Gasteiger partial charge is 0.326 e. The van der Waals surface area contributed by atoms with Gasteiger partial charge in [0.2, 0.25) is 0 Å².